The third kappa shape index (κ3) is 3.45. The van der Waals surface area contributed by atoms with E-state index in [4.69, 9.17) is 5.14 Å². The van der Waals surface area contributed by atoms with Gasteiger partial charge in [-0.05, 0) is 12.1 Å². The van der Waals surface area contributed by atoms with Crippen LogP contribution < -0.4 is 10.5 Å². The van der Waals surface area contributed by atoms with E-state index in [1.165, 1.54) is 24.3 Å². The molecule has 0 atom stereocenters. The van der Waals surface area contributed by atoms with Gasteiger partial charge in [-0.2, -0.15) is 0 Å². The van der Waals surface area contributed by atoms with Crippen molar-refractivity contribution in [3.8, 4) is 0 Å². The molecule has 0 heterocycles. The number of hydrogen-bond acceptors (Lipinski definition) is 3. The molecule has 3 N–H and O–H groups in total. The lowest BCUT2D eigenvalue weighted by atomic mass is 10.3. The molecule has 0 saturated heterocycles. The van der Waals surface area contributed by atoms with Crippen molar-refractivity contribution in [2.75, 3.05) is 11.9 Å². The van der Waals surface area contributed by atoms with Crippen LogP contribution in [0.3, 0.4) is 0 Å². The van der Waals surface area contributed by atoms with Crippen LogP contribution in [0.4, 0.5) is 14.5 Å². The first-order valence-electron chi connectivity index (χ1n) is 4.05. The Labute approximate surface area is 86.1 Å². The van der Waals surface area contributed by atoms with E-state index >= 15 is 0 Å². The minimum atomic E-state index is -3.89. The fourth-order valence-electron chi connectivity index (χ4n) is 1.05. The second-order valence-electron chi connectivity index (χ2n) is 2.81. The van der Waals surface area contributed by atoms with Crippen molar-refractivity contribution in [3.05, 3.63) is 24.3 Å². The summed E-state index contributed by atoms with van der Waals surface area (Å²) >= 11 is 0. The number of primary sulfonamides is 1. The van der Waals surface area contributed by atoms with Gasteiger partial charge in [0.05, 0.1) is 12.2 Å². The molecule has 0 saturated carbocycles. The molecular formula is C8H10F2N2O2S. The fourth-order valence-corrected chi connectivity index (χ4v) is 1.76. The lowest BCUT2D eigenvalue weighted by molar-refractivity contribution is 0.163. The van der Waals surface area contributed by atoms with Crippen molar-refractivity contribution >= 4 is 15.7 Å². The van der Waals surface area contributed by atoms with Gasteiger partial charge in [-0.3, -0.25) is 0 Å². The molecule has 0 aliphatic heterocycles. The molecule has 0 amide bonds. The number of benzene rings is 1. The van der Waals surface area contributed by atoms with Crippen molar-refractivity contribution in [1.29, 1.82) is 0 Å². The maximum absolute atomic E-state index is 11.9. The van der Waals surface area contributed by atoms with Crippen LogP contribution in [0, 0.1) is 0 Å². The number of hydrogen-bond donors (Lipinski definition) is 2. The Hall–Kier alpha value is -1.21. The monoisotopic (exact) mass is 236 g/mol. The van der Waals surface area contributed by atoms with Gasteiger partial charge in [-0.15, -0.1) is 0 Å². The summed E-state index contributed by atoms with van der Waals surface area (Å²) in [5, 5.41) is 7.22. The Morgan fingerprint density at radius 3 is 2.47 bits per heavy atom. The predicted molar refractivity (Wildman–Crippen MR) is 52.3 cm³/mol. The number of anilines is 1. The molecule has 4 nitrogen and oxygen atoms in total. The number of para-hydroxylation sites is 1. The summed E-state index contributed by atoms with van der Waals surface area (Å²) in [6, 6.07) is 5.63. The summed E-state index contributed by atoms with van der Waals surface area (Å²) in [7, 11) is -3.89. The number of halogens is 2. The van der Waals surface area contributed by atoms with Crippen LogP contribution >= 0.6 is 0 Å². The first-order chi connectivity index (χ1) is 6.91. The van der Waals surface area contributed by atoms with Crippen molar-refractivity contribution < 1.29 is 17.2 Å². The van der Waals surface area contributed by atoms with Gasteiger partial charge in [-0.1, -0.05) is 12.1 Å². The van der Waals surface area contributed by atoms with Crippen molar-refractivity contribution in [2.24, 2.45) is 5.14 Å². The maximum Gasteiger partial charge on any atom is 0.255 e. The van der Waals surface area contributed by atoms with Crippen LogP contribution in [-0.2, 0) is 10.0 Å². The van der Waals surface area contributed by atoms with E-state index in [0.29, 0.717) is 0 Å². The average molecular weight is 236 g/mol. The lowest BCUT2D eigenvalue weighted by Gasteiger charge is -2.09. The Bertz CT molecular complexity index is 434. The zero-order chi connectivity index (χ0) is 11.5. The molecule has 0 radical (unpaired) electrons. The predicted octanol–water partition coefficient (Wildman–Crippen LogP) is 1.01. The van der Waals surface area contributed by atoms with Crippen LogP contribution in [0.25, 0.3) is 0 Å². The molecule has 1 aromatic rings. The quantitative estimate of drug-likeness (QED) is 0.819. The minimum absolute atomic E-state index is 0.0836. The highest BCUT2D eigenvalue weighted by Crippen LogP contribution is 2.19. The van der Waals surface area contributed by atoms with E-state index in [1.807, 2.05) is 0 Å². The van der Waals surface area contributed by atoms with E-state index in [9.17, 15) is 17.2 Å². The Kier molecular flexibility index (Phi) is 3.59. The highest BCUT2D eigenvalue weighted by molar-refractivity contribution is 7.89. The molecule has 7 heteroatoms. The van der Waals surface area contributed by atoms with Crippen molar-refractivity contribution in [3.63, 3.8) is 0 Å². The van der Waals surface area contributed by atoms with Crippen LogP contribution in [-0.4, -0.2) is 21.4 Å². The molecule has 0 bridgehead atoms. The summed E-state index contributed by atoms with van der Waals surface area (Å²) in [4.78, 5) is -0.189. The van der Waals surface area contributed by atoms with Crippen LogP contribution in [0.2, 0.25) is 0 Å². The largest absolute Gasteiger partial charge is 0.378 e. The van der Waals surface area contributed by atoms with Crippen LogP contribution in [0.1, 0.15) is 0 Å². The number of nitrogens with two attached hydrogens (primary N) is 1. The van der Waals surface area contributed by atoms with Gasteiger partial charge < -0.3 is 5.32 Å². The second kappa shape index (κ2) is 4.54. The molecule has 0 unspecified atom stereocenters. The summed E-state index contributed by atoms with van der Waals surface area (Å²) in [6.07, 6.45) is -2.56. The van der Waals surface area contributed by atoms with Crippen LogP contribution in [0.5, 0.6) is 0 Å². The van der Waals surface area contributed by atoms with Gasteiger partial charge in [-0.25, -0.2) is 22.3 Å². The molecule has 0 fully saturated rings. The minimum Gasteiger partial charge on any atom is -0.378 e. The Morgan fingerprint density at radius 1 is 1.33 bits per heavy atom. The van der Waals surface area contributed by atoms with Gasteiger partial charge in [0.25, 0.3) is 6.43 Å². The van der Waals surface area contributed by atoms with Crippen molar-refractivity contribution in [2.45, 2.75) is 11.3 Å². The first kappa shape index (κ1) is 11.9. The van der Waals surface area contributed by atoms with Gasteiger partial charge in [0.15, 0.2) is 0 Å². The summed E-state index contributed by atoms with van der Waals surface area (Å²) in [5.74, 6) is 0. The standard InChI is InChI=1S/C8H10F2N2O2S/c9-8(10)5-12-6-3-1-2-4-7(6)15(11,13)14/h1-4,8,12H,5H2,(H2,11,13,14). The van der Waals surface area contributed by atoms with E-state index < -0.39 is 23.0 Å². The molecule has 0 aliphatic carbocycles. The molecule has 0 spiro atoms. The molecule has 84 valence electrons. The van der Waals surface area contributed by atoms with E-state index in [2.05, 4.69) is 5.32 Å². The zero-order valence-corrected chi connectivity index (χ0v) is 8.47. The zero-order valence-electron chi connectivity index (χ0n) is 7.65. The lowest BCUT2D eigenvalue weighted by Crippen LogP contribution is -2.17. The Morgan fingerprint density at radius 2 is 1.93 bits per heavy atom. The van der Waals surface area contributed by atoms with E-state index in [1.54, 1.807) is 0 Å². The number of sulfonamides is 1. The molecule has 1 aromatic carbocycles. The summed E-state index contributed by atoms with van der Waals surface area (Å²) < 4.78 is 45.9. The van der Waals surface area contributed by atoms with Crippen molar-refractivity contribution in [1.82, 2.24) is 0 Å². The van der Waals surface area contributed by atoms with Crippen LogP contribution in [0.15, 0.2) is 29.2 Å². The Balaban J connectivity index is 2.98. The smallest absolute Gasteiger partial charge is 0.255 e. The normalized spacial score (nSPS) is 11.7. The van der Waals surface area contributed by atoms with Gasteiger partial charge in [0, 0.05) is 0 Å². The highest BCUT2D eigenvalue weighted by atomic mass is 32.2. The highest BCUT2D eigenvalue weighted by Gasteiger charge is 2.13. The molecule has 1 rings (SSSR count). The molecule has 0 aromatic heterocycles. The fraction of sp³-hybridized carbons (Fsp3) is 0.250. The van der Waals surface area contributed by atoms with Gasteiger partial charge in [0.2, 0.25) is 10.0 Å². The summed E-state index contributed by atoms with van der Waals surface area (Å²) in [6.45, 7) is -0.619. The first-order valence-corrected chi connectivity index (χ1v) is 5.60. The SMILES string of the molecule is NS(=O)(=O)c1ccccc1NCC(F)F. The van der Waals surface area contributed by atoms with Gasteiger partial charge >= 0.3 is 0 Å². The second-order valence-corrected chi connectivity index (χ2v) is 4.34. The number of alkyl halides is 2. The molecule has 15 heavy (non-hydrogen) atoms. The topological polar surface area (TPSA) is 72.2 Å². The third-order valence-corrected chi connectivity index (χ3v) is 2.61. The van der Waals surface area contributed by atoms with E-state index in [0.717, 1.165) is 0 Å². The van der Waals surface area contributed by atoms with E-state index in [-0.39, 0.29) is 10.6 Å². The van der Waals surface area contributed by atoms with Gasteiger partial charge in [0.1, 0.15) is 4.90 Å². The molecular weight excluding hydrogens is 226 g/mol. The number of rotatable bonds is 4. The number of nitrogens with one attached hydrogen (secondary N) is 1. The molecule has 0 aliphatic rings. The maximum atomic E-state index is 11.9. The average Bonchev–Trinajstić information content (AvgIpc) is 2.13. The summed E-state index contributed by atoms with van der Waals surface area (Å²) in [5.41, 5.74) is 0.0836. The third-order valence-electron chi connectivity index (χ3n) is 1.64.